The average Bonchev–Trinajstić information content (AvgIpc) is 2.65. The van der Waals surface area contributed by atoms with Crippen LogP contribution in [0.15, 0.2) is 12.2 Å². The van der Waals surface area contributed by atoms with Crippen LogP contribution in [0.4, 0.5) is 0 Å². The van der Waals surface area contributed by atoms with E-state index >= 15 is 0 Å². The summed E-state index contributed by atoms with van der Waals surface area (Å²) < 4.78 is 9.95. The lowest BCUT2D eigenvalue weighted by Crippen LogP contribution is -2.19. The van der Waals surface area contributed by atoms with E-state index in [1.807, 2.05) is 0 Å². The van der Waals surface area contributed by atoms with Crippen LogP contribution in [0, 0.1) is 0 Å². The van der Waals surface area contributed by atoms with Crippen molar-refractivity contribution in [2.45, 2.75) is 18.9 Å². The lowest BCUT2D eigenvalue weighted by molar-refractivity contribution is -0.141. The molecule has 0 radical (unpaired) electrons. The van der Waals surface area contributed by atoms with Crippen LogP contribution in [0.2, 0.25) is 0 Å². The van der Waals surface area contributed by atoms with E-state index in [1.54, 1.807) is 0 Å². The molecule has 1 N–H and O–H groups in total. The van der Waals surface area contributed by atoms with Crippen LogP contribution in [-0.2, 0) is 14.3 Å². The van der Waals surface area contributed by atoms with Gasteiger partial charge in [0.2, 0.25) is 0 Å². The molecule has 1 fully saturated rings. The standard InChI is InChI=1S/C9H14O4/c1-7(8-3-2-5-12-8)9(11)13-6-4-10/h8,10H,1-6H2. The normalized spacial score (nSPS) is 21.5. The topological polar surface area (TPSA) is 55.8 Å². The van der Waals surface area contributed by atoms with Crippen LogP contribution in [-0.4, -0.2) is 37.0 Å². The summed E-state index contributed by atoms with van der Waals surface area (Å²) in [5, 5.41) is 8.42. The van der Waals surface area contributed by atoms with Crippen molar-refractivity contribution >= 4 is 5.97 Å². The lowest BCUT2D eigenvalue weighted by Gasteiger charge is -2.11. The van der Waals surface area contributed by atoms with Crippen molar-refractivity contribution in [3.05, 3.63) is 12.2 Å². The van der Waals surface area contributed by atoms with Crippen LogP contribution in [0.25, 0.3) is 0 Å². The van der Waals surface area contributed by atoms with Crippen LogP contribution in [0.1, 0.15) is 12.8 Å². The van der Waals surface area contributed by atoms with Crippen LogP contribution in [0.5, 0.6) is 0 Å². The number of esters is 1. The molecule has 0 aromatic carbocycles. The number of ether oxygens (including phenoxy) is 2. The molecule has 4 nitrogen and oxygen atoms in total. The van der Waals surface area contributed by atoms with Crippen molar-refractivity contribution in [3.8, 4) is 0 Å². The first-order valence-electron chi connectivity index (χ1n) is 4.34. The number of hydrogen-bond donors (Lipinski definition) is 1. The van der Waals surface area contributed by atoms with Gasteiger partial charge in [-0.25, -0.2) is 4.79 Å². The maximum absolute atomic E-state index is 11.2. The highest BCUT2D eigenvalue weighted by molar-refractivity contribution is 5.88. The highest BCUT2D eigenvalue weighted by atomic mass is 16.5. The highest BCUT2D eigenvalue weighted by Crippen LogP contribution is 2.19. The van der Waals surface area contributed by atoms with Crippen LogP contribution < -0.4 is 0 Å². The quantitative estimate of drug-likeness (QED) is 0.505. The molecule has 0 aliphatic carbocycles. The van der Waals surface area contributed by atoms with E-state index in [9.17, 15) is 4.79 Å². The van der Waals surface area contributed by atoms with Gasteiger partial charge in [0.05, 0.1) is 18.3 Å². The van der Waals surface area contributed by atoms with Gasteiger partial charge in [0.15, 0.2) is 0 Å². The second-order valence-electron chi connectivity index (χ2n) is 2.89. The Hall–Kier alpha value is -0.870. The Morgan fingerprint density at radius 2 is 2.46 bits per heavy atom. The Balaban J connectivity index is 2.32. The van der Waals surface area contributed by atoms with E-state index in [4.69, 9.17) is 14.6 Å². The van der Waals surface area contributed by atoms with Crippen molar-refractivity contribution in [1.29, 1.82) is 0 Å². The summed E-state index contributed by atoms with van der Waals surface area (Å²) in [5.74, 6) is -0.471. The Morgan fingerprint density at radius 1 is 1.69 bits per heavy atom. The van der Waals surface area contributed by atoms with Crippen molar-refractivity contribution in [1.82, 2.24) is 0 Å². The Labute approximate surface area is 77.1 Å². The molecule has 1 unspecified atom stereocenters. The molecule has 0 aromatic rings. The van der Waals surface area contributed by atoms with Crippen LogP contribution >= 0.6 is 0 Å². The third-order valence-corrected chi connectivity index (χ3v) is 1.90. The van der Waals surface area contributed by atoms with E-state index in [2.05, 4.69) is 6.58 Å². The van der Waals surface area contributed by atoms with Gasteiger partial charge in [-0.05, 0) is 12.8 Å². The number of aliphatic hydroxyl groups excluding tert-OH is 1. The number of aliphatic hydroxyl groups is 1. The fourth-order valence-corrected chi connectivity index (χ4v) is 1.21. The second kappa shape index (κ2) is 4.99. The Kier molecular flexibility index (Phi) is 3.92. The van der Waals surface area contributed by atoms with E-state index in [0.29, 0.717) is 12.2 Å². The molecule has 1 aliphatic rings. The van der Waals surface area contributed by atoms with Gasteiger partial charge in [0.1, 0.15) is 6.61 Å². The largest absolute Gasteiger partial charge is 0.460 e. The van der Waals surface area contributed by atoms with Gasteiger partial charge in [0.25, 0.3) is 0 Å². The minimum Gasteiger partial charge on any atom is -0.460 e. The summed E-state index contributed by atoms with van der Waals surface area (Å²) in [4.78, 5) is 11.2. The smallest absolute Gasteiger partial charge is 0.336 e. The number of carbonyl (C=O) groups excluding carboxylic acids is 1. The predicted octanol–water partition coefficient (Wildman–Crippen LogP) is 0.257. The molecule has 74 valence electrons. The monoisotopic (exact) mass is 186 g/mol. The highest BCUT2D eigenvalue weighted by Gasteiger charge is 2.24. The van der Waals surface area contributed by atoms with E-state index in [-0.39, 0.29) is 19.3 Å². The molecule has 0 bridgehead atoms. The number of carbonyl (C=O) groups is 1. The summed E-state index contributed by atoms with van der Waals surface area (Å²) in [6.45, 7) is 4.14. The molecule has 1 rings (SSSR count). The van der Waals surface area contributed by atoms with E-state index in [1.165, 1.54) is 0 Å². The van der Waals surface area contributed by atoms with Gasteiger partial charge >= 0.3 is 5.97 Å². The third-order valence-electron chi connectivity index (χ3n) is 1.90. The molecular formula is C9H14O4. The molecule has 1 heterocycles. The molecule has 1 saturated heterocycles. The fourth-order valence-electron chi connectivity index (χ4n) is 1.21. The zero-order valence-corrected chi connectivity index (χ0v) is 7.49. The molecule has 4 heteroatoms. The Morgan fingerprint density at radius 3 is 3.00 bits per heavy atom. The minimum atomic E-state index is -0.471. The van der Waals surface area contributed by atoms with Crippen molar-refractivity contribution < 1.29 is 19.4 Å². The average molecular weight is 186 g/mol. The predicted molar refractivity (Wildman–Crippen MR) is 46.2 cm³/mol. The van der Waals surface area contributed by atoms with Crippen molar-refractivity contribution in [3.63, 3.8) is 0 Å². The molecule has 0 amide bonds. The first kappa shape index (κ1) is 10.2. The molecule has 13 heavy (non-hydrogen) atoms. The molecule has 0 saturated carbocycles. The van der Waals surface area contributed by atoms with Gasteiger partial charge in [-0.2, -0.15) is 0 Å². The summed E-state index contributed by atoms with van der Waals surface area (Å²) in [6.07, 6.45) is 1.59. The molecule has 0 aromatic heterocycles. The molecule has 0 spiro atoms. The summed E-state index contributed by atoms with van der Waals surface area (Å²) in [6, 6.07) is 0. The zero-order chi connectivity index (χ0) is 9.68. The van der Waals surface area contributed by atoms with E-state index in [0.717, 1.165) is 12.8 Å². The minimum absolute atomic E-state index is 0.0184. The molecule has 1 aliphatic heterocycles. The Bertz CT molecular complexity index is 194. The van der Waals surface area contributed by atoms with Gasteiger partial charge < -0.3 is 14.6 Å². The zero-order valence-electron chi connectivity index (χ0n) is 7.49. The molecular weight excluding hydrogens is 172 g/mol. The van der Waals surface area contributed by atoms with Gasteiger partial charge in [0, 0.05) is 6.61 Å². The van der Waals surface area contributed by atoms with Crippen molar-refractivity contribution in [2.75, 3.05) is 19.8 Å². The van der Waals surface area contributed by atoms with Crippen LogP contribution in [0.3, 0.4) is 0 Å². The van der Waals surface area contributed by atoms with Gasteiger partial charge in [-0.15, -0.1) is 0 Å². The maximum atomic E-state index is 11.2. The summed E-state index contributed by atoms with van der Waals surface area (Å²) in [5.41, 5.74) is 0.353. The number of hydrogen-bond acceptors (Lipinski definition) is 4. The van der Waals surface area contributed by atoms with Crippen molar-refractivity contribution in [2.24, 2.45) is 0 Å². The first-order valence-corrected chi connectivity index (χ1v) is 4.34. The first-order chi connectivity index (χ1) is 6.25. The van der Waals surface area contributed by atoms with Gasteiger partial charge in [-0.1, -0.05) is 6.58 Å². The SMILES string of the molecule is C=C(C(=O)OCCO)C1CCCO1. The summed E-state index contributed by atoms with van der Waals surface area (Å²) in [7, 11) is 0. The molecule has 1 atom stereocenters. The van der Waals surface area contributed by atoms with E-state index < -0.39 is 5.97 Å². The summed E-state index contributed by atoms with van der Waals surface area (Å²) >= 11 is 0. The maximum Gasteiger partial charge on any atom is 0.336 e. The van der Waals surface area contributed by atoms with Gasteiger partial charge in [-0.3, -0.25) is 0 Å². The third kappa shape index (κ3) is 2.82. The fraction of sp³-hybridized carbons (Fsp3) is 0.667. The second-order valence-corrected chi connectivity index (χ2v) is 2.89. The number of rotatable bonds is 4. The lowest BCUT2D eigenvalue weighted by atomic mass is 10.1.